The van der Waals surface area contributed by atoms with Crippen molar-refractivity contribution in [1.29, 1.82) is 0 Å². The standard InChI is InChI=1S/C22H29ClN6O5S/c1-14(2)34-20(21-24-11-16(23)12-25-21)15(3)35(30,31)13-18-27-28-22(29(18)9-10-32-4)17-7-6-8-19(26-17)33-5/h6-8,11-12,14-15,20H,9-10,13H2,1-5H3/t15-,20+/m0/s1. The van der Waals surface area contributed by atoms with Gasteiger partial charge >= 0.3 is 0 Å². The van der Waals surface area contributed by atoms with Crippen LogP contribution in [0.5, 0.6) is 5.88 Å². The van der Waals surface area contributed by atoms with Gasteiger partial charge in [-0.05, 0) is 26.8 Å². The van der Waals surface area contributed by atoms with E-state index >= 15 is 0 Å². The highest BCUT2D eigenvalue weighted by molar-refractivity contribution is 7.91. The van der Waals surface area contributed by atoms with Crippen molar-refractivity contribution < 1.29 is 22.6 Å². The molecule has 3 rings (SSSR count). The van der Waals surface area contributed by atoms with Crippen LogP contribution >= 0.6 is 11.6 Å². The van der Waals surface area contributed by atoms with Gasteiger partial charge < -0.3 is 18.8 Å². The normalized spacial score (nSPS) is 13.7. The van der Waals surface area contributed by atoms with Crippen molar-refractivity contribution in [3.63, 3.8) is 0 Å². The second kappa shape index (κ2) is 11.8. The van der Waals surface area contributed by atoms with E-state index in [1.165, 1.54) is 19.5 Å². The molecular weight excluding hydrogens is 496 g/mol. The van der Waals surface area contributed by atoms with E-state index in [4.69, 9.17) is 25.8 Å². The third-order valence-electron chi connectivity index (χ3n) is 5.14. The van der Waals surface area contributed by atoms with Crippen LogP contribution in [-0.4, -0.2) is 70.3 Å². The lowest BCUT2D eigenvalue weighted by Gasteiger charge is -2.25. The summed E-state index contributed by atoms with van der Waals surface area (Å²) in [5, 5.41) is 7.77. The molecule has 2 atom stereocenters. The molecule has 0 N–H and O–H groups in total. The predicted octanol–water partition coefficient (Wildman–Crippen LogP) is 2.91. The minimum Gasteiger partial charge on any atom is -0.481 e. The summed E-state index contributed by atoms with van der Waals surface area (Å²) in [5.74, 6) is 0.939. The maximum Gasteiger partial charge on any atom is 0.213 e. The number of halogens is 1. The number of nitrogens with zero attached hydrogens (tertiary/aromatic N) is 6. The van der Waals surface area contributed by atoms with Crippen LogP contribution in [0.2, 0.25) is 5.02 Å². The number of hydrogen-bond donors (Lipinski definition) is 0. The molecule has 35 heavy (non-hydrogen) atoms. The molecular formula is C22H29ClN6O5S. The highest BCUT2D eigenvalue weighted by Gasteiger charge is 2.35. The van der Waals surface area contributed by atoms with Crippen LogP contribution in [0.1, 0.15) is 38.5 Å². The van der Waals surface area contributed by atoms with Gasteiger partial charge in [0.2, 0.25) is 5.88 Å². The van der Waals surface area contributed by atoms with Gasteiger partial charge in [-0.3, -0.25) is 0 Å². The summed E-state index contributed by atoms with van der Waals surface area (Å²) in [6, 6.07) is 5.23. The van der Waals surface area contributed by atoms with E-state index in [-0.39, 0.29) is 23.5 Å². The van der Waals surface area contributed by atoms with E-state index in [2.05, 4.69) is 25.1 Å². The van der Waals surface area contributed by atoms with Crippen molar-refractivity contribution in [2.24, 2.45) is 0 Å². The molecule has 3 aromatic rings. The first-order valence-electron chi connectivity index (χ1n) is 10.9. The summed E-state index contributed by atoms with van der Waals surface area (Å²) >= 11 is 5.90. The van der Waals surface area contributed by atoms with E-state index in [0.29, 0.717) is 35.6 Å². The molecule has 11 nitrogen and oxygen atoms in total. The largest absolute Gasteiger partial charge is 0.481 e. The number of methoxy groups -OCH3 is 2. The summed E-state index contributed by atoms with van der Waals surface area (Å²) in [7, 11) is -0.716. The number of hydrogen-bond acceptors (Lipinski definition) is 10. The number of ether oxygens (including phenoxy) is 3. The van der Waals surface area contributed by atoms with Gasteiger partial charge in [0.15, 0.2) is 21.5 Å². The minimum atomic E-state index is -3.79. The minimum absolute atomic E-state index is 0.237. The first-order chi connectivity index (χ1) is 16.7. The van der Waals surface area contributed by atoms with Crippen LogP contribution in [0.15, 0.2) is 30.6 Å². The van der Waals surface area contributed by atoms with Crippen LogP contribution < -0.4 is 4.74 Å². The Morgan fingerprint density at radius 3 is 2.43 bits per heavy atom. The fraction of sp³-hybridized carbons (Fsp3) is 0.500. The lowest BCUT2D eigenvalue weighted by atomic mass is 10.2. The summed E-state index contributed by atoms with van der Waals surface area (Å²) in [4.78, 5) is 12.8. The van der Waals surface area contributed by atoms with Gasteiger partial charge in [0.1, 0.15) is 23.4 Å². The van der Waals surface area contributed by atoms with Crippen molar-refractivity contribution in [3.8, 4) is 17.4 Å². The van der Waals surface area contributed by atoms with E-state index in [1.807, 2.05) is 13.8 Å². The smallest absolute Gasteiger partial charge is 0.213 e. The van der Waals surface area contributed by atoms with Crippen LogP contribution in [0.4, 0.5) is 0 Å². The summed E-state index contributed by atoms with van der Waals surface area (Å²) in [6.07, 6.45) is 1.67. The number of pyridine rings is 1. The Bertz CT molecular complexity index is 1220. The van der Waals surface area contributed by atoms with Gasteiger partial charge in [-0.1, -0.05) is 17.7 Å². The van der Waals surface area contributed by atoms with Gasteiger partial charge in [0, 0.05) is 32.1 Å². The summed E-state index contributed by atoms with van der Waals surface area (Å²) < 4.78 is 45.1. The zero-order valence-corrected chi connectivity index (χ0v) is 21.8. The number of aromatic nitrogens is 6. The summed E-state index contributed by atoms with van der Waals surface area (Å²) in [6.45, 7) is 5.87. The van der Waals surface area contributed by atoms with Crippen LogP contribution in [0, 0.1) is 0 Å². The Labute approximate surface area is 209 Å². The molecule has 0 saturated heterocycles. The molecule has 0 unspecified atom stereocenters. The Kier molecular flexibility index (Phi) is 9.11. The number of sulfone groups is 1. The van der Waals surface area contributed by atoms with Crippen LogP contribution in [0.25, 0.3) is 11.5 Å². The molecule has 0 fully saturated rings. The fourth-order valence-electron chi connectivity index (χ4n) is 3.35. The van der Waals surface area contributed by atoms with E-state index in [9.17, 15) is 8.42 Å². The highest BCUT2D eigenvalue weighted by atomic mass is 35.5. The Morgan fingerprint density at radius 1 is 1.09 bits per heavy atom. The number of rotatable bonds is 12. The molecule has 0 aromatic carbocycles. The van der Waals surface area contributed by atoms with Crippen LogP contribution in [-0.2, 0) is 31.6 Å². The topological polar surface area (TPSA) is 131 Å². The molecule has 13 heteroatoms. The first-order valence-corrected chi connectivity index (χ1v) is 13.0. The van der Waals surface area contributed by atoms with Crippen molar-refractivity contribution in [3.05, 3.63) is 47.3 Å². The molecule has 0 aliphatic carbocycles. The molecule has 190 valence electrons. The lowest BCUT2D eigenvalue weighted by molar-refractivity contribution is 0.00142. The zero-order valence-electron chi connectivity index (χ0n) is 20.3. The SMILES string of the molecule is COCCn1c(CS(=O)(=O)[C@@H](C)[C@@H](OC(C)C)c2ncc(Cl)cn2)nnc1-c1cccc(OC)n1. The van der Waals surface area contributed by atoms with Gasteiger partial charge in [-0.2, -0.15) is 0 Å². The molecule has 0 spiro atoms. The average molecular weight is 525 g/mol. The molecule has 0 amide bonds. The Morgan fingerprint density at radius 2 is 1.80 bits per heavy atom. The average Bonchev–Trinajstić information content (AvgIpc) is 3.22. The maximum atomic E-state index is 13.5. The van der Waals surface area contributed by atoms with Crippen molar-refractivity contribution in [2.75, 3.05) is 20.8 Å². The quantitative estimate of drug-likeness (QED) is 0.348. The molecule has 3 heterocycles. The second-order valence-electron chi connectivity index (χ2n) is 8.03. The molecule has 0 saturated carbocycles. The molecule has 0 radical (unpaired) electrons. The molecule has 0 aliphatic rings. The van der Waals surface area contributed by atoms with Gasteiger partial charge in [0.05, 0.1) is 30.1 Å². The summed E-state index contributed by atoms with van der Waals surface area (Å²) in [5.41, 5.74) is 0.500. The molecule has 0 bridgehead atoms. The van der Waals surface area contributed by atoms with Gasteiger partial charge in [-0.15, -0.1) is 10.2 Å². The first kappa shape index (κ1) is 26.9. The maximum absolute atomic E-state index is 13.5. The Balaban J connectivity index is 1.95. The van der Waals surface area contributed by atoms with Crippen molar-refractivity contribution in [1.82, 2.24) is 29.7 Å². The second-order valence-corrected chi connectivity index (χ2v) is 10.8. The third-order valence-corrected chi connectivity index (χ3v) is 7.38. The fourth-order valence-corrected chi connectivity index (χ4v) is 4.84. The van der Waals surface area contributed by atoms with E-state index < -0.39 is 21.2 Å². The zero-order chi connectivity index (χ0) is 25.6. The van der Waals surface area contributed by atoms with Gasteiger partial charge in [0.25, 0.3) is 0 Å². The van der Waals surface area contributed by atoms with Crippen molar-refractivity contribution >= 4 is 21.4 Å². The van der Waals surface area contributed by atoms with Gasteiger partial charge in [-0.25, -0.2) is 23.4 Å². The third kappa shape index (κ3) is 6.72. The monoisotopic (exact) mass is 524 g/mol. The van der Waals surface area contributed by atoms with Crippen molar-refractivity contribution in [2.45, 2.75) is 50.5 Å². The highest BCUT2D eigenvalue weighted by Crippen LogP contribution is 2.28. The van der Waals surface area contributed by atoms with E-state index in [0.717, 1.165) is 0 Å². The lowest BCUT2D eigenvalue weighted by Crippen LogP contribution is -2.32. The van der Waals surface area contributed by atoms with Crippen LogP contribution in [0.3, 0.4) is 0 Å². The Hall–Kier alpha value is -2.67. The van der Waals surface area contributed by atoms with E-state index in [1.54, 1.807) is 36.8 Å². The predicted molar refractivity (Wildman–Crippen MR) is 130 cm³/mol. The molecule has 0 aliphatic heterocycles. The molecule has 3 aromatic heterocycles.